The van der Waals surface area contributed by atoms with Crippen molar-refractivity contribution in [2.24, 2.45) is 5.73 Å². The maximum atomic E-state index is 12.3. The fourth-order valence-electron chi connectivity index (χ4n) is 1.08. The van der Waals surface area contributed by atoms with Gasteiger partial charge in [-0.1, -0.05) is 0 Å². The molecule has 16 heavy (non-hydrogen) atoms. The number of pyridine rings is 1. The molecule has 0 aromatic carbocycles. The zero-order valence-corrected chi connectivity index (χ0v) is 7.72. The van der Waals surface area contributed by atoms with Crippen molar-refractivity contribution in [2.75, 3.05) is 0 Å². The topological polar surface area (TPSA) is 59.1 Å². The van der Waals surface area contributed by atoms with Crippen LogP contribution in [0.25, 0.3) is 0 Å². The molecule has 0 radical (unpaired) electrons. The molecule has 1 aromatic rings. The third-order valence-corrected chi connectivity index (χ3v) is 1.81. The summed E-state index contributed by atoms with van der Waals surface area (Å²) < 4.78 is 61.5. The van der Waals surface area contributed by atoms with E-state index in [4.69, 9.17) is 10.8 Å². The number of hydrogen-bond acceptors (Lipinski definition) is 3. The molecule has 1 aromatic heterocycles. The molecule has 0 fully saturated rings. The van der Waals surface area contributed by atoms with E-state index in [0.717, 1.165) is 0 Å². The van der Waals surface area contributed by atoms with E-state index in [-0.39, 0.29) is 6.07 Å². The number of alkyl halides is 5. The molecular weight excluding hydrogens is 235 g/mol. The molecule has 0 aliphatic rings. The Bertz CT molecular complexity index is 391. The normalized spacial score (nSPS) is 12.2. The van der Waals surface area contributed by atoms with Crippen LogP contribution in [0.3, 0.4) is 0 Å². The third kappa shape index (κ3) is 2.38. The Kier molecular flexibility index (Phi) is 3.32. The van der Waals surface area contributed by atoms with Crippen molar-refractivity contribution in [2.45, 2.75) is 19.1 Å². The van der Waals surface area contributed by atoms with Gasteiger partial charge < -0.3 is 10.8 Å². The lowest BCUT2D eigenvalue weighted by Crippen LogP contribution is -2.11. The van der Waals surface area contributed by atoms with Gasteiger partial charge in [-0.25, -0.2) is 13.8 Å². The molecule has 0 spiro atoms. The van der Waals surface area contributed by atoms with Crippen LogP contribution in [0.4, 0.5) is 22.0 Å². The summed E-state index contributed by atoms with van der Waals surface area (Å²) in [7, 11) is 0. The Labute approximate surface area is 86.7 Å². The van der Waals surface area contributed by atoms with Crippen LogP contribution in [-0.4, -0.2) is 10.1 Å². The number of aromatic hydroxyl groups is 1. The first-order valence-electron chi connectivity index (χ1n) is 4.05. The molecule has 90 valence electrons. The summed E-state index contributed by atoms with van der Waals surface area (Å²) in [5, 5.41) is 9.12. The van der Waals surface area contributed by atoms with Crippen LogP contribution >= 0.6 is 0 Å². The molecule has 0 bridgehead atoms. The number of nitrogens with zero attached hydrogens (tertiary/aromatic N) is 1. The van der Waals surface area contributed by atoms with Crippen molar-refractivity contribution in [1.82, 2.24) is 4.98 Å². The molecule has 1 rings (SSSR count). The van der Waals surface area contributed by atoms with Gasteiger partial charge in [-0.15, -0.1) is 0 Å². The van der Waals surface area contributed by atoms with E-state index < -0.39 is 41.8 Å². The zero-order chi connectivity index (χ0) is 12.5. The van der Waals surface area contributed by atoms with Gasteiger partial charge in [0.2, 0.25) is 0 Å². The fourth-order valence-corrected chi connectivity index (χ4v) is 1.08. The average molecular weight is 242 g/mol. The quantitative estimate of drug-likeness (QED) is 0.781. The molecule has 0 saturated heterocycles. The molecule has 0 aliphatic carbocycles. The summed E-state index contributed by atoms with van der Waals surface area (Å²) in [4.78, 5) is 3.14. The largest absolute Gasteiger partial charge is 0.505 e. The van der Waals surface area contributed by atoms with Crippen molar-refractivity contribution in [3.63, 3.8) is 0 Å². The molecule has 0 amide bonds. The first-order valence-corrected chi connectivity index (χ1v) is 4.05. The predicted octanol–water partition coefficient (Wildman–Crippen LogP) is 2.20. The second kappa shape index (κ2) is 4.20. The summed E-state index contributed by atoms with van der Waals surface area (Å²) in [6, 6.07) is 0.110. The summed E-state index contributed by atoms with van der Waals surface area (Å²) in [5.41, 5.74) is 1.77. The number of nitrogens with two attached hydrogens (primary N) is 1. The highest BCUT2D eigenvalue weighted by molar-refractivity contribution is 5.40. The molecule has 3 nitrogen and oxygen atoms in total. The van der Waals surface area contributed by atoms with Crippen LogP contribution in [0, 0.1) is 0 Å². The number of rotatable bonds is 2. The molecule has 0 unspecified atom stereocenters. The Morgan fingerprint density at radius 2 is 1.94 bits per heavy atom. The molecule has 0 atom stereocenters. The van der Waals surface area contributed by atoms with E-state index in [1.807, 2.05) is 0 Å². The summed E-state index contributed by atoms with van der Waals surface area (Å²) in [6.45, 7) is -0.560. The SMILES string of the molecule is NCc1nc(C(F)F)cc(C(F)(F)F)c1O. The lowest BCUT2D eigenvalue weighted by Gasteiger charge is -2.13. The molecule has 3 N–H and O–H groups in total. The van der Waals surface area contributed by atoms with Crippen LogP contribution in [0.1, 0.15) is 23.4 Å². The smallest absolute Gasteiger partial charge is 0.420 e. The van der Waals surface area contributed by atoms with Crippen LogP contribution in [0.15, 0.2) is 6.07 Å². The first-order chi connectivity index (χ1) is 7.27. The van der Waals surface area contributed by atoms with Crippen molar-refractivity contribution in [3.05, 3.63) is 23.0 Å². The third-order valence-electron chi connectivity index (χ3n) is 1.81. The average Bonchev–Trinajstić information content (AvgIpc) is 2.15. The van der Waals surface area contributed by atoms with Crippen LogP contribution in [0.2, 0.25) is 0 Å². The van der Waals surface area contributed by atoms with Crippen molar-refractivity contribution in [1.29, 1.82) is 0 Å². The second-order valence-corrected chi connectivity index (χ2v) is 2.89. The van der Waals surface area contributed by atoms with Crippen molar-refractivity contribution in [3.8, 4) is 5.75 Å². The van der Waals surface area contributed by atoms with E-state index in [1.165, 1.54) is 0 Å². The van der Waals surface area contributed by atoms with Gasteiger partial charge in [-0.3, -0.25) is 0 Å². The Balaban J connectivity index is 3.42. The van der Waals surface area contributed by atoms with Crippen molar-refractivity contribution >= 4 is 0 Å². The lowest BCUT2D eigenvalue weighted by atomic mass is 10.1. The number of aromatic nitrogens is 1. The highest BCUT2D eigenvalue weighted by Crippen LogP contribution is 2.38. The second-order valence-electron chi connectivity index (χ2n) is 2.89. The zero-order valence-electron chi connectivity index (χ0n) is 7.72. The summed E-state index contributed by atoms with van der Waals surface area (Å²) in [5.74, 6) is -1.21. The molecular formula is C8H7F5N2O. The molecule has 0 saturated carbocycles. The van der Waals surface area contributed by atoms with Crippen LogP contribution in [0.5, 0.6) is 5.75 Å². The van der Waals surface area contributed by atoms with Crippen molar-refractivity contribution < 1.29 is 27.1 Å². The van der Waals surface area contributed by atoms with Gasteiger partial charge in [-0.05, 0) is 6.07 Å². The van der Waals surface area contributed by atoms with E-state index in [0.29, 0.717) is 0 Å². The monoisotopic (exact) mass is 242 g/mol. The fraction of sp³-hybridized carbons (Fsp3) is 0.375. The molecule has 0 aliphatic heterocycles. The van der Waals surface area contributed by atoms with E-state index in [9.17, 15) is 22.0 Å². The van der Waals surface area contributed by atoms with Gasteiger partial charge in [0.05, 0.1) is 5.69 Å². The van der Waals surface area contributed by atoms with Gasteiger partial charge >= 0.3 is 6.18 Å². The van der Waals surface area contributed by atoms with Gasteiger partial charge in [0, 0.05) is 6.54 Å². The minimum Gasteiger partial charge on any atom is -0.505 e. The maximum Gasteiger partial charge on any atom is 0.420 e. The minimum absolute atomic E-state index is 0.110. The van der Waals surface area contributed by atoms with E-state index in [2.05, 4.69) is 4.98 Å². The standard InChI is InChI=1S/C8H7F5N2O/c9-7(10)4-1-3(8(11,12)13)6(16)5(2-14)15-4/h1,7,16H,2,14H2. The van der Waals surface area contributed by atoms with Gasteiger partial charge in [-0.2, -0.15) is 13.2 Å². The summed E-state index contributed by atoms with van der Waals surface area (Å²) in [6.07, 6.45) is -8.09. The minimum atomic E-state index is -4.93. The number of halogens is 5. The lowest BCUT2D eigenvalue weighted by molar-refractivity contribution is -0.139. The Hall–Kier alpha value is -1.44. The van der Waals surface area contributed by atoms with E-state index in [1.54, 1.807) is 0 Å². The number of hydrogen-bond donors (Lipinski definition) is 2. The van der Waals surface area contributed by atoms with Crippen LogP contribution < -0.4 is 5.73 Å². The van der Waals surface area contributed by atoms with Gasteiger partial charge in [0.1, 0.15) is 11.3 Å². The Morgan fingerprint density at radius 3 is 2.31 bits per heavy atom. The Morgan fingerprint density at radius 1 is 1.38 bits per heavy atom. The molecule has 8 heteroatoms. The van der Waals surface area contributed by atoms with Gasteiger partial charge in [0.15, 0.2) is 5.75 Å². The van der Waals surface area contributed by atoms with E-state index >= 15 is 0 Å². The highest BCUT2D eigenvalue weighted by Gasteiger charge is 2.36. The first kappa shape index (κ1) is 12.6. The van der Waals surface area contributed by atoms with Crippen LogP contribution in [-0.2, 0) is 12.7 Å². The summed E-state index contributed by atoms with van der Waals surface area (Å²) >= 11 is 0. The maximum absolute atomic E-state index is 12.3. The highest BCUT2D eigenvalue weighted by atomic mass is 19.4. The van der Waals surface area contributed by atoms with Gasteiger partial charge in [0.25, 0.3) is 6.43 Å². The predicted molar refractivity (Wildman–Crippen MR) is 43.8 cm³/mol. The molecule has 1 heterocycles.